The average molecular weight is 542 g/mol. The molecule has 2 heterocycles. The van der Waals surface area contributed by atoms with Gasteiger partial charge in [0.15, 0.2) is 24.2 Å². The van der Waals surface area contributed by atoms with Crippen molar-refractivity contribution in [2.45, 2.75) is 69.3 Å². The van der Waals surface area contributed by atoms with Crippen LogP contribution in [0.3, 0.4) is 0 Å². The molecule has 4 bridgehead atoms. The van der Waals surface area contributed by atoms with Crippen LogP contribution in [0.25, 0.3) is 0 Å². The van der Waals surface area contributed by atoms with Crippen molar-refractivity contribution >= 4 is 27.7 Å². The summed E-state index contributed by atoms with van der Waals surface area (Å²) in [5, 5.41) is 0. The Kier molecular flexibility index (Phi) is 5.55. The zero-order valence-corrected chi connectivity index (χ0v) is 21.9. The van der Waals surface area contributed by atoms with E-state index in [0.29, 0.717) is 30.6 Å². The van der Waals surface area contributed by atoms with Crippen LogP contribution in [-0.4, -0.2) is 40.0 Å². The van der Waals surface area contributed by atoms with Gasteiger partial charge in [-0.1, -0.05) is 28.1 Å². The van der Waals surface area contributed by atoms with Gasteiger partial charge in [0.2, 0.25) is 5.78 Å². The van der Waals surface area contributed by atoms with Crippen molar-refractivity contribution in [3.8, 4) is 11.5 Å². The second-order valence-corrected chi connectivity index (χ2v) is 13.0. The van der Waals surface area contributed by atoms with Crippen LogP contribution in [0, 0.1) is 31.1 Å². The van der Waals surface area contributed by atoms with Crippen molar-refractivity contribution in [2.24, 2.45) is 17.3 Å². The van der Waals surface area contributed by atoms with Crippen LogP contribution in [0.5, 0.6) is 11.5 Å². The number of rotatable bonds is 6. The van der Waals surface area contributed by atoms with Crippen LogP contribution in [0.4, 0.5) is 0 Å². The predicted octanol–water partition coefficient (Wildman–Crippen LogP) is 5.40. The lowest BCUT2D eigenvalue weighted by Gasteiger charge is -2.58. The van der Waals surface area contributed by atoms with Crippen molar-refractivity contribution in [2.75, 3.05) is 13.2 Å². The van der Waals surface area contributed by atoms with E-state index in [0.717, 1.165) is 55.0 Å². The number of fused-ring (bicyclic) bond motifs is 1. The Morgan fingerprint density at radius 3 is 2.54 bits per heavy atom. The van der Waals surface area contributed by atoms with Gasteiger partial charge in [-0.25, -0.2) is 0 Å². The molecule has 0 N–H and O–H groups in total. The molecular formula is C28H32BrNO5. The zero-order valence-electron chi connectivity index (χ0n) is 20.3. The SMILES string of the molecule is Cc1cc(C(=O)COC(=O)C23C[C@H]4C[C@@H](CC(Br)(C4)C2)C3)c(C)n1C[C@H]1COc2ccccc2O1. The Bertz CT molecular complexity index is 1170. The summed E-state index contributed by atoms with van der Waals surface area (Å²) in [6, 6.07) is 9.55. The van der Waals surface area contributed by atoms with Crippen LogP contribution in [0.2, 0.25) is 0 Å². The number of halogens is 1. The normalized spacial score (nSPS) is 32.5. The molecule has 5 aliphatic rings. The third-order valence-corrected chi connectivity index (χ3v) is 9.51. The molecule has 4 fully saturated rings. The number of para-hydroxylation sites is 2. The maximum atomic E-state index is 13.3. The van der Waals surface area contributed by atoms with Crippen LogP contribution in [0.1, 0.15) is 60.3 Å². The molecule has 4 aliphatic carbocycles. The van der Waals surface area contributed by atoms with Gasteiger partial charge in [-0.05, 0) is 82.4 Å². The lowest BCUT2D eigenvalue weighted by atomic mass is 9.49. The van der Waals surface area contributed by atoms with Crippen LogP contribution < -0.4 is 9.47 Å². The average Bonchev–Trinajstić information content (AvgIpc) is 3.09. The minimum absolute atomic E-state index is 0.0798. The number of hydrogen-bond donors (Lipinski definition) is 0. The Morgan fingerprint density at radius 2 is 1.83 bits per heavy atom. The van der Waals surface area contributed by atoms with Gasteiger partial charge < -0.3 is 18.8 Å². The summed E-state index contributed by atoms with van der Waals surface area (Å²) < 4.78 is 19.9. The summed E-state index contributed by atoms with van der Waals surface area (Å²) in [6.07, 6.45) is 6.05. The van der Waals surface area contributed by atoms with Gasteiger partial charge in [-0.15, -0.1) is 0 Å². The van der Waals surface area contributed by atoms with Gasteiger partial charge in [0.1, 0.15) is 6.61 Å². The highest BCUT2D eigenvalue weighted by Gasteiger charge is 2.60. The fraction of sp³-hybridized carbons (Fsp3) is 0.571. The molecule has 7 rings (SSSR count). The molecule has 1 aromatic heterocycles. The van der Waals surface area contributed by atoms with E-state index >= 15 is 0 Å². The van der Waals surface area contributed by atoms with Gasteiger partial charge in [-0.3, -0.25) is 9.59 Å². The number of aryl methyl sites for hydroxylation is 1. The van der Waals surface area contributed by atoms with Crippen molar-refractivity contribution in [1.29, 1.82) is 0 Å². The van der Waals surface area contributed by atoms with E-state index in [9.17, 15) is 9.59 Å². The van der Waals surface area contributed by atoms with Gasteiger partial charge >= 0.3 is 5.97 Å². The van der Waals surface area contributed by atoms with Crippen LogP contribution in [0.15, 0.2) is 30.3 Å². The number of ketones is 1. The summed E-state index contributed by atoms with van der Waals surface area (Å²) in [7, 11) is 0. The molecule has 0 amide bonds. The molecule has 1 aliphatic heterocycles. The summed E-state index contributed by atoms with van der Waals surface area (Å²) >= 11 is 3.95. The molecule has 2 aromatic rings. The Labute approximate surface area is 214 Å². The highest BCUT2D eigenvalue weighted by molar-refractivity contribution is 9.10. The molecule has 0 unspecified atom stereocenters. The van der Waals surface area contributed by atoms with Crippen molar-refractivity contribution in [1.82, 2.24) is 4.57 Å². The number of esters is 1. The summed E-state index contributed by atoms with van der Waals surface area (Å²) in [5.74, 6) is 2.36. The number of carbonyl (C=O) groups excluding carboxylic acids is 2. The number of hydrogen-bond acceptors (Lipinski definition) is 5. The van der Waals surface area contributed by atoms with Crippen molar-refractivity contribution in [3.05, 3.63) is 47.3 Å². The van der Waals surface area contributed by atoms with Gasteiger partial charge in [0, 0.05) is 21.3 Å². The number of alkyl halides is 1. The highest BCUT2D eigenvalue weighted by Crippen LogP contribution is 2.64. The molecule has 3 atom stereocenters. The minimum atomic E-state index is -0.417. The number of aromatic nitrogens is 1. The lowest BCUT2D eigenvalue weighted by molar-refractivity contribution is -0.168. The number of carbonyl (C=O) groups is 2. The first kappa shape index (κ1) is 23.1. The first-order valence-electron chi connectivity index (χ1n) is 12.7. The molecule has 0 radical (unpaired) electrons. The molecule has 186 valence electrons. The van der Waals surface area contributed by atoms with Gasteiger partial charge in [-0.2, -0.15) is 0 Å². The zero-order chi connectivity index (χ0) is 24.4. The standard InChI is InChI=1S/C28H32BrNO5/c1-17-7-22(18(2)30(17)13-21-14-33-24-5-3-4-6-25(24)35-21)23(31)15-34-26(32)27-9-19-8-20(10-27)12-28(29,11-19)16-27/h3-7,19-21H,8-16H2,1-2H3/t19-,20-,21+,27?,28?/m1/s1. The molecule has 7 heteroatoms. The Hall–Kier alpha value is -2.28. The maximum Gasteiger partial charge on any atom is 0.312 e. The van der Waals surface area contributed by atoms with E-state index in [2.05, 4.69) is 20.5 Å². The van der Waals surface area contributed by atoms with E-state index < -0.39 is 5.41 Å². The third kappa shape index (κ3) is 4.09. The summed E-state index contributed by atoms with van der Waals surface area (Å²) in [4.78, 5) is 26.4. The van der Waals surface area contributed by atoms with Crippen LogP contribution in [-0.2, 0) is 16.1 Å². The first-order chi connectivity index (χ1) is 16.7. The first-order valence-corrected chi connectivity index (χ1v) is 13.5. The Morgan fingerprint density at radius 1 is 1.11 bits per heavy atom. The molecule has 1 aromatic carbocycles. The minimum Gasteiger partial charge on any atom is -0.486 e. The fourth-order valence-electron chi connectivity index (χ4n) is 7.47. The number of Topliss-reactive ketones (excluding diaryl/α,β-unsaturated/α-hetero) is 1. The monoisotopic (exact) mass is 541 g/mol. The topological polar surface area (TPSA) is 66.8 Å². The molecule has 0 spiro atoms. The van der Waals surface area contributed by atoms with E-state index in [1.165, 1.54) is 6.42 Å². The fourth-order valence-corrected chi connectivity index (χ4v) is 8.92. The smallest absolute Gasteiger partial charge is 0.312 e. The maximum absolute atomic E-state index is 13.3. The molecule has 0 saturated heterocycles. The largest absolute Gasteiger partial charge is 0.486 e. The van der Waals surface area contributed by atoms with E-state index in [-0.39, 0.29) is 28.8 Å². The number of nitrogens with zero attached hydrogens (tertiary/aromatic N) is 1. The predicted molar refractivity (Wildman–Crippen MR) is 134 cm³/mol. The van der Waals surface area contributed by atoms with Crippen LogP contribution >= 0.6 is 15.9 Å². The molecule has 35 heavy (non-hydrogen) atoms. The van der Waals surface area contributed by atoms with Gasteiger partial charge in [0.25, 0.3) is 0 Å². The highest BCUT2D eigenvalue weighted by atomic mass is 79.9. The summed E-state index contributed by atoms with van der Waals surface area (Å²) in [5.41, 5.74) is 2.02. The van der Waals surface area contributed by atoms with E-state index in [1.54, 1.807) is 0 Å². The van der Waals surface area contributed by atoms with E-state index in [1.807, 2.05) is 44.2 Å². The van der Waals surface area contributed by atoms with Gasteiger partial charge in [0.05, 0.1) is 12.0 Å². The second kappa shape index (κ2) is 8.39. The second-order valence-electron chi connectivity index (χ2n) is 11.3. The molecule has 6 nitrogen and oxygen atoms in total. The van der Waals surface area contributed by atoms with E-state index in [4.69, 9.17) is 14.2 Å². The lowest BCUT2D eigenvalue weighted by Crippen LogP contribution is -2.56. The van der Waals surface area contributed by atoms with Crippen molar-refractivity contribution < 1.29 is 23.8 Å². The quantitative estimate of drug-likeness (QED) is 0.278. The Balaban J connectivity index is 1.11. The third-order valence-electron chi connectivity index (χ3n) is 8.58. The molecular weight excluding hydrogens is 510 g/mol. The number of benzene rings is 1. The van der Waals surface area contributed by atoms with Crippen molar-refractivity contribution in [3.63, 3.8) is 0 Å². The number of ether oxygens (including phenoxy) is 3. The molecule has 4 saturated carbocycles. The summed E-state index contributed by atoms with van der Waals surface area (Å²) in [6.45, 7) is 4.75.